The summed E-state index contributed by atoms with van der Waals surface area (Å²) in [6.07, 6.45) is -0.182. The van der Waals surface area contributed by atoms with Gasteiger partial charge in [-0.15, -0.1) is 0 Å². The zero-order chi connectivity index (χ0) is 28.0. The van der Waals surface area contributed by atoms with Crippen molar-refractivity contribution in [1.82, 2.24) is 20.1 Å². The largest absolute Gasteiger partial charge is 0.434 e. The number of aromatic nitrogens is 3. The van der Waals surface area contributed by atoms with E-state index >= 15 is 0 Å². The van der Waals surface area contributed by atoms with Gasteiger partial charge in [-0.25, -0.2) is 4.68 Å². The molecule has 0 bridgehead atoms. The Balaban J connectivity index is 0.00000112. The smallest absolute Gasteiger partial charge is 0.348 e. The number of amides is 1. The summed E-state index contributed by atoms with van der Waals surface area (Å²) in [5.41, 5.74) is 2.49. The maximum absolute atomic E-state index is 13.9. The molecule has 0 atom stereocenters. The van der Waals surface area contributed by atoms with Gasteiger partial charge in [0.25, 0.3) is 5.91 Å². The molecule has 2 heterocycles. The Morgan fingerprint density at radius 1 is 0.949 bits per heavy atom. The molecule has 0 aliphatic heterocycles. The Labute approximate surface area is 220 Å². The first-order valence-corrected chi connectivity index (χ1v) is 11.7. The first-order chi connectivity index (χ1) is 18.7. The van der Waals surface area contributed by atoms with Crippen LogP contribution in [0.2, 0.25) is 0 Å². The summed E-state index contributed by atoms with van der Waals surface area (Å²) in [6, 6.07) is 21.7. The minimum atomic E-state index is -4.77. The molecular weight excluding hydrogens is 509 g/mol. The molecule has 5 aromatic rings. The van der Waals surface area contributed by atoms with Gasteiger partial charge in [0.15, 0.2) is 5.69 Å². The van der Waals surface area contributed by atoms with Gasteiger partial charge in [0, 0.05) is 24.3 Å². The highest BCUT2D eigenvalue weighted by Gasteiger charge is 2.40. The molecule has 196 valence electrons. The highest BCUT2D eigenvalue weighted by Crippen LogP contribution is 2.34. The summed E-state index contributed by atoms with van der Waals surface area (Å²) in [4.78, 5) is 33.4. The second kappa shape index (κ2) is 11.5. The quantitative estimate of drug-likeness (QED) is 0.312. The number of nitrogens with zero attached hydrogens (tertiary/aromatic N) is 3. The molecule has 3 aromatic carbocycles. The van der Waals surface area contributed by atoms with E-state index < -0.39 is 23.3 Å². The van der Waals surface area contributed by atoms with Gasteiger partial charge in [-0.1, -0.05) is 60.2 Å². The number of alkyl halides is 3. The van der Waals surface area contributed by atoms with Gasteiger partial charge >= 0.3 is 12.3 Å². The number of halogens is 3. The molecule has 1 amide bonds. The summed E-state index contributed by atoms with van der Waals surface area (Å²) in [5.74, 6) is -0.857. The number of carbonyl (C=O) groups excluding carboxylic acids is 3. The fourth-order valence-electron chi connectivity index (χ4n) is 4.29. The van der Waals surface area contributed by atoms with Crippen molar-refractivity contribution < 1.29 is 27.6 Å². The maximum atomic E-state index is 13.9. The van der Waals surface area contributed by atoms with Gasteiger partial charge in [0.2, 0.25) is 0 Å². The van der Waals surface area contributed by atoms with Crippen LogP contribution in [-0.2, 0) is 22.3 Å². The molecule has 0 saturated carbocycles. The van der Waals surface area contributed by atoms with Crippen LogP contribution in [0.4, 0.5) is 13.2 Å². The molecule has 1 N–H and O–H groups in total. The third-order valence-electron chi connectivity index (χ3n) is 5.96. The zero-order valence-corrected chi connectivity index (χ0v) is 20.6. The van der Waals surface area contributed by atoms with Crippen LogP contribution in [0.3, 0.4) is 0 Å². The van der Waals surface area contributed by atoms with Crippen molar-refractivity contribution in [3.05, 3.63) is 114 Å². The van der Waals surface area contributed by atoms with Crippen LogP contribution in [0.1, 0.15) is 27.2 Å². The zero-order valence-electron chi connectivity index (χ0n) is 20.6. The minimum absolute atomic E-state index is 0.0307. The summed E-state index contributed by atoms with van der Waals surface area (Å²) >= 11 is 0. The van der Waals surface area contributed by atoms with Crippen LogP contribution in [0.15, 0.2) is 91.4 Å². The van der Waals surface area contributed by atoms with Gasteiger partial charge in [-0.3, -0.25) is 9.78 Å². The lowest BCUT2D eigenvalue weighted by Crippen LogP contribution is -2.26. The fourth-order valence-corrected chi connectivity index (χ4v) is 4.29. The average molecular weight is 531 g/mol. The standard InChI is InChI=1S/C28H21F3N4O.CO2/c1-18-6-5-7-19(14-18)22-11-10-20(24-16-32-13-12-23(22)24)15-33-27(36)25-17-34-35(26(25)28(29,30)31)21-8-3-2-4-9-21;2-1-3/h2-14,16-17H,15H2,1H3,(H,33,36);. The van der Waals surface area contributed by atoms with E-state index in [2.05, 4.69) is 21.5 Å². The number of fused-ring (bicyclic) bond motifs is 1. The number of carbonyl (C=O) groups is 1. The SMILES string of the molecule is Cc1cccc(-c2ccc(CNC(=O)c3cnn(-c4ccccc4)c3C(F)(F)F)c3cnccc23)c1.O=C=O. The number of para-hydroxylation sites is 1. The third-order valence-corrected chi connectivity index (χ3v) is 5.96. The van der Waals surface area contributed by atoms with Gasteiger partial charge in [-0.2, -0.15) is 27.9 Å². The lowest BCUT2D eigenvalue weighted by Gasteiger charge is -2.14. The average Bonchev–Trinajstić information content (AvgIpc) is 3.39. The van der Waals surface area contributed by atoms with Crippen LogP contribution in [0.25, 0.3) is 27.6 Å². The Bertz CT molecular complexity index is 1660. The van der Waals surface area contributed by atoms with Crippen LogP contribution >= 0.6 is 0 Å². The second-order valence-corrected chi connectivity index (χ2v) is 8.48. The highest BCUT2D eigenvalue weighted by atomic mass is 19.4. The number of pyridine rings is 1. The second-order valence-electron chi connectivity index (χ2n) is 8.48. The molecule has 0 radical (unpaired) electrons. The van der Waals surface area contributed by atoms with Crippen molar-refractivity contribution in [2.45, 2.75) is 19.6 Å². The van der Waals surface area contributed by atoms with Crippen molar-refractivity contribution in [2.24, 2.45) is 0 Å². The van der Waals surface area contributed by atoms with Crippen molar-refractivity contribution in [3.63, 3.8) is 0 Å². The molecule has 0 unspecified atom stereocenters. The number of hydrogen-bond acceptors (Lipinski definition) is 5. The normalized spacial score (nSPS) is 10.9. The summed E-state index contributed by atoms with van der Waals surface area (Å²) in [6.45, 7) is 2.05. The van der Waals surface area contributed by atoms with E-state index in [0.717, 1.165) is 43.9 Å². The fraction of sp³-hybridized carbons (Fsp3) is 0.103. The topological polar surface area (TPSA) is 93.9 Å². The Kier molecular flexibility index (Phi) is 7.98. The Morgan fingerprint density at radius 3 is 2.38 bits per heavy atom. The van der Waals surface area contributed by atoms with Crippen LogP contribution in [0, 0.1) is 6.92 Å². The van der Waals surface area contributed by atoms with Gasteiger partial charge < -0.3 is 5.32 Å². The molecule has 10 heteroatoms. The molecule has 2 aromatic heterocycles. The lowest BCUT2D eigenvalue weighted by molar-refractivity contribution is -0.191. The summed E-state index contributed by atoms with van der Waals surface area (Å²) in [5, 5.41) is 8.24. The van der Waals surface area contributed by atoms with Crippen molar-refractivity contribution in [3.8, 4) is 16.8 Å². The van der Waals surface area contributed by atoms with Crippen LogP contribution < -0.4 is 5.32 Å². The Morgan fingerprint density at radius 2 is 1.69 bits per heavy atom. The molecule has 7 nitrogen and oxygen atoms in total. The lowest BCUT2D eigenvalue weighted by atomic mass is 9.95. The maximum Gasteiger partial charge on any atom is 0.434 e. The molecule has 0 aliphatic rings. The molecule has 0 aliphatic carbocycles. The molecule has 39 heavy (non-hydrogen) atoms. The highest BCUT2D eigenvalue weighted by molar-refractivity contribution is 5.99. The number of nitrogens with one attached hydrogen (secondary N) is 1. The number of hydrogen-bond donors (Lipinski definition) is 1. The van der Waals surface area contributed by atoms with Crippen molar-refractivity contribution >= 4 is 22.8 Å². The number of benzene rings is 3. The van der Waals surface area contributed by atoms with E-state index in [9.17, 15) is 18.0 Å². The van der Waals surface area contributed by atoms with Gasteiger partial charge in [-0.05, 0) is 47.2 Å². The summed E-state index contributed by atoms with van der Waals surface area (Å²) < 4.78 is 42.6. The molecular formula is C29H21F3N4O3. The number of aryl methyl sites for hydroxylation is 1. The molecule has 5 rings (SSSR count). The molecule has 0 fully saturated rings. The van der Waals surface area contributed by atoms with E-state index in [1.165, 1.54) is 12.1 Å². The van der Waals surface area contributed by atoms with Gasteiger partial charge in [0.1, 0.15) is 0 Å². The first kappa shape index (κ1) is 27.0. The first-order valence-electron chi connectivity index (χ1n) is 11.7. The predicted octanol–water partition coefficient (Wildman–Crippen LogP) is 5.76. The summed E-state index contributed by atoms with van der Waals surface area (Å²) in [7, 11) is 0. The van der Waals surface area contributed by atoms with E-state index in [1.807, 2.05) is 43.3 Å². The van der Waals surface area contributed by atoms with Crippen LogP contribution in [-0.4, -0.2) is 26.8 Å². The predicted molar refractivity (Wildman–Crippen MR) is 137 cm³/mol. The van der Waals surface area contributed by atoms with E-state index in [4.69, 9.17) is 9.59 Å². The third kappa shape index (κ3) is 5.92. The van der Waals surface area contributed by atoms with Crippen LogP contribution in [0.5, 0.6) is 0 Å². The minimum Gasteiger partial charge on any atom is -0.348 e. The molecule has 0 saturated heterocycles. The number of rotatable bonds is 5. The van der Waals surface area contributed by atoms with Crippen molar-refractivity contribution in [2.75, 3.05) is 0 Å². The molecule has 0 spiro atoms. The van der Waals surface area contributed by atoms with E-state index in [0.29, 0.717) is 0 Å². The monoisotopic (exact) mass is 530 g/mol. The Hall–Kier alpha value is -5.08. The van der Waals surface area contributed by atoms with Gasteiger partial charge in [0.05, 0.1) is 17.4 Å². The van der Waals surface area contributed by atoms with Crippen molar-refractivity contribution in [1.29, 1.82) is 0 Å². The van der Waals surface area contributed by atoms with E-state index in [-0.39, 0.29) is 18.4 Å². The van der Waals surface area contributed by atoms with E-state index in [1.54, 1.807) is 30.6 Å².